The molecule has 146 valence electrons. The van der Waals surface area contributed by atoms with Gasteiger partial charge in [-0.15, -0.1) is 0 Å². The molecule has 0 radical (unpaired) electrons. The van der Waals surface area contributed by atoms with Crippen molar-refractivity contribution in [3.8, 4) is 5.75 Å². The first-order valence-corrected chi connectivity index (χ1v) is 9.27. The van der Waals surface area contributed by atoms with Crippen LogP contribution in [-0.4, -0.2) is 43.4 Å². The topological polar surface area (TPSA) is 48.0 Å². The molecule has 2 aromatic rings. The van der Waals surface area contributed by atoms with Crippen molar-refractivity contribution in [2.75, 3.05) is 20.3 Å². The second-order valence-electron chi connectivity index (χ2n) is 6.92. The number of ether oxygens (including phenoxy) is 3. The largest absolute Gasteiger partial charge is 0.494 e. The number of amides is 1. The van der Waals surface area contributed by atoms with Gasteiger partial charge in [-0.25, -0.2) is 9.18 Å². The summed E-state index contributed by atoms with van der Waals surface area (Å²) in [6.07, 6.45) is 2.03. The van der Waals surface area contributed by atoms with Crippen LogP contribution < -0.4 is 4.74 Å². The first-order chi connectivity index (χ1) is 13.7. The van der Waals surface area contributed by atoms with E-state index in [2.05, 4.69) is 0 Å². The number of carbonyl (C=O) groups excluding carboxylic acids is 1. The van der Waals surface area contributed by atoms with Gasteiger partial charge in [0.1, 0.15) is 6.61 Å². The predicted octanol–water partition coefficient (Wildman–Crippen LogP) is 4.03. The fraction of sp³-hybridized carbons (Fsp3) is 0.318. The van der Waals surface area contributed by atoms with Crippen LogP contribution in [0.1, 0.15) is 17.5 Å². The maximum atomic E-state index is 14.7. The van der Waals surface area contributed by atoms with E-state index in [-0.39, 0.29) is 36.4 Å². The summed E-state index contributed by atoms with van der Waals surface area (Å²) in [6, 6.07) is 14.2. The molecule has 1 amide bonds. The maximum absolute atomic E-state index is 14.7. The molecule has 2 heterocycles. The molecule has 5 nitrogen and oxygen atoms in total. The SMILES string of the molecule is COc1cccc(C2=CC3COCC(C2)N3C(=O)OCc2ccccc2)c1F. The lowest BCUT2D eigenvalue weighted by Gasteiger charge is -2.43. The lowest BCUT2D eigenvalue weighted by Crippen LogP contribution is -2.56. The Kier molecular flexibility index (Phi) is 5.30. The van der Waals surface area contributed by atoms with Gasteiger partial charge in [-0.05, 0) is 23.6 Å². The second-order valence-corrected chi connectivity index (χ2v) is 6.92. The van der Waals surface area contributed by atoms with Gasteiger partial charge >= 0.3 is 6.09 Å². The molecule has 28 heavy (non-hydrogen) atoms. The Hall–Kier alpha value is -2.86. The summed E-state index contributed by atoms with van der Waals surface area (Å²) in [6.45, 7) is 0.990. The molecular weight excluding hydrogens is 361 g/mol. The molecule has 0 spiro atoms. The number of hydrogen-bond acceptors (Lipinski definition) is 4. The van der Waals surface area contributed by atoms with Crippen LogP contribution in [-0.2, 0) is 16.1 Å². The standard InChI is InChI=1S/C22H22FNO4/c1-26-20-9-5-8-19(21(20)23)16-10-17-13-27-14-18(11-16)24(17)22(25)28-12-15-6-3-2-4-7-15/h2-10,17-18H,11-14H2,1H3. The van der Waals surface area contributed by atoms with Gasteiger partial charge in [-0.3, -0.25) is 4.90 Å². The molecule has 1 saturated heterocycles. The summed E-state index contributed by atoms with van der Waals surface area (Å²) in [5.74, 6) is -0.167. The third kappa shape index (κ3) is 3.60. The van der Waals surface area contributed by atoms with Crippen molar-refractivity contribution < 1.29 is 23.4 Å². The van der Waals surface area contributed by atoms with E-state index in [9.17, 15) is 9.18 Å². The normalized spacial score (nSPS) is 21.1. The van der Waals surface area contributed by atoms with Crippen molar-refractivity contribution in [3.63, 3.8) is 0 Å². The van der Waals surface area contributed by atoms with Crippen LogP contribution in [0.25, 0.3) is 5.57 Å². The number of hydrogen-bond donors (Lipinski definition) is 0. The number of nitrogens with zero attached hydrogens (tertiary/aromatic N) is 1. The van der Waals surface area contributed by atoms with E-state index in [1.165, 1.54) is 7.11 Å². The van der Waals surface area contributed by atoms with Crippen LogP contribution in [0.5, 0.6) is 5.75 Å². The zero-order valence-electron chi connectivity index (χ0n) is 15.6. The van der Waals surface area contributed by atoms with E-state index >= 15 is 0 Å². The number of methoxy groups -OCH3 is 1. The van der Waals surface area contributed by atoms with Crippen molar-refractivity contribution in [2.24, 2.45) is 0 Å². The van der Waals surface area contributed by atoms with Gasteiger partial charge in [0.25, 0.3) is 0 Å². The van der Waals surface area contributed by atoms with Crippen LogP contribution >= 0.6 is 0 Å². The molecular formula is C22H22FNO4. The third-order valence-electron chi connectivity index (χ3n) is 5.14. The Morgan fingerprint density at radius 2 is 2.00 bits per heavy atom. The van der Waals surface area contributed by atoms with Gasteiger partial charge in [0.2, 0.25) is 0 Å². The van der Waals surface area contributed by atoms with Crippen LogP contribution in [0.4, 0.5) is 9.18 Å². The molecule has 2 aliphatic heterocycles. The number of morpholine rings is 1. The Balaban J connectivity index is 1.53. The fourth-order valence-corrected chi connectivity index (χ4v) is 3.79. The number of carbonyl (C=O) groups is 1. The minimum absolute atomic E-state index is 0.187. The van der Waals surface area contributed by atoms with Crippen molar-refractivity contribution >= 4 is 11.7 Å². The third-order valence-corrected chi connectivity index (χ3v) is 5.14. The molecule has 2 atom stereocenters. The van der Waals surface area contributed by atoms with Crippen molar-refractivity contribution in [3.05, 3.63) is 71.6 Å². The van der Waals surface area contributed by atoms with Crippen LogP contribution in [0.3, 0.4) is 0 Å². The minimum Gasteiger partial charge on any atom is -0.494 e. The number of fused-ring (bicyclic) bond motifs is 2. The molecule has 2 aliphatic rings. The average Bonchev–Trinajstić information content (AvgIpc) is 2.72. The molecule has 0 aromatic heterocycles. The monoisotopic (exact) mass is 383 g/mol. The zero-order chi connectivity index (χ0) is 19.5. The van der Waals surface area contributed by atoms with E-state index in [1.807, 2.05) is 36.4 Å². The first-order valence-electron chi connectivity index (χ1n) is 9.27. The van der Waals surface area contributed by atoms with Crippen molar-refractivity contribution in [1.82, 2.24) is 4.90 Å². The summed E-state index contributed by atoms with van der Waals surface area (Å²) in [4.78, 5) is 14.4. The van der Waals surface area contributed by atoms with Crippen LogP contribution in [0.15, 0.2) is 54.6 Å². The van der Waals surface area contributed by atoms with Gasteiger partial charge in [-0.2, -0.15) is 0 Å². The molecule has 4 rings (SSSR count). The lowest BCUT2D eigenvalue weighted by molar-refractivity contribution is -0.0342. The van der Waals surface area contributed by atoms with E-state index in [0.717, 1.165) is 11.1 Å². The number of halogens is 1. The molecule has 2 unspecified atom stereocenters. The zero-order valence-corrected chi connectivity index (χ0v) is 15.6. The number of rotatable bonds is 4. The van der Waals surface area contributed by atoms with Gasteiger partial charge < -0.3 is 14.2 Å². The highest BCUT2D eigenvalue weighted by molar-refractivity contribution is 5.75. The lowest BCUT2D eigenvalue weighted by atomic mass is 9.89. The molecule has 2 aromatic carbocycles. The summed E-state index contributed by atoms with van der Waals surface area (Å²) in [5, 5.41) is 0. The Morgan fingerprint density at radius 1 is 1.18 bits per heavy atom. The van der Waals surface area contributed by atoms with Crippen LogP contribution in [0.2, 0.25) is 0 Å². The predicted molar refractivity (Wildman–Crippen MR) is 102 cm³/mol. The Morgan fingerprint density at radius 3 is 2.75 bits per heavy atom. The highest BCUT2D eigenvalue weighted by Gasteiger charge is 2.39. The maximum Gasteiger partial charge on any atom is 0.411 e. The minimum atomic E-state index is -0.379. The fourth-order valence-electron chi connectivity index (χ4n) is 3.79. The quantitative estimate of drug-likeness (QED) is 0.800. The van der Waals surface area contributed by atoms with E-state index < -0.39 is 0 Å². The molecule has 6 heteroatoms. The average molecular weight is 383 g/mol. The summed E-state index contributed by atoms with van der Waals surface area (Å²) < 4.78 is 30.9. The van der Waals surface area contributed by atoms with Gasteiger partial charge in [0, 0.05) is 5.56 Å². The van der Waals surface area contributed by atoms with E-state index in [1.54, 1.807) is 23.1 Å². The van der Waals surface area contributed by atoms with Crippen molar-refractivity contribution in [1.29, 1.82) is 0 Å². The molecule has 1 fully saturated rings. The van der Waals surface area contributed by atoms with Crippen LogP contribution in [0, 0.1) is 5.82 Å². The summed E-state index contributed by atoms with van der Waals surface area (Å²) in [7, 11) is 1.45. The smallest absolute Gasteiger partial charge is 0.411 e. The van der Waals surface area contributed by atoms with Crippen molar-refractivity contribution in [2.45, 2.75) is 25.1 Å². The first kappa shape index (κ1) is 18.5. The Labute approximate surface area is 163 Å². The summed E-state index contributed by atoms with van der Waals surface area (Å²) in [5.41, 5.74) is 2.30. The molecule has 2 bridgehead atoms. The highest BCUT2D eigenvalue weighted by Crippen LogP contribution is 2.35. The van der Waals surface area contributed by atoms with Gasteiger partial charge in [0.15, 0.2) is 11.6 Å². The Bertz CT molecular complexity index is 883. The van der Waals surface area contributed by atoms with Gasteiger partial charge in [0.05, 0.1) is 32.4 Å². The highest BCUT2D eigenvalue weighted by atomic mass is 19.1. The summed E-state index contributed by atoms with van der Waals surface area (Å²) >= 11 is 0. The van der Waals surface area contributed by atoms with Gasteiger partial charge in [-0.1, -0.05) is 48.5 Å². The molecule has 0 N–H and O–H groups in total. The number of benzene rings is 2. The van der Waals surface area contributed by atoms with E-state index in [4.69, 9.17) is 14.2 Å². The molecule has 0 aliphatic carbocycles. The molecule has 0 saturated carbocycles. The second kappa shape index (κ2) is 8.02. The van der Waals surface area contributed by atoms with E-state index in [0.29, 0.717) is 25.2 Å².